The Balaban J connectivity index is 1.48. The average molecular weight is 451 g/mol. The fourth-order valence-corrected chi connectivity index (χ4v) is 3.44. The molecule has 0 spiro atoms. The van der Waals surface area contributed by atoms with Crippen molar-refractivity contribution in [1.82, 2.24) is 9.80 Å². The highest BCUT2D eigenvalue weighted by Crippen LogP contribution is 2.19. The molecule has 7 heteroatoms. The second-order valence-electron chi connectivity index (χ2n) is 6.47. The minimum absolute atomic E-state index is 0.0477. The van der Waals surface area contributed by atoms with Crippen LogP contribution in [-0.2, 0) is 11.3 Å². The third-order valence-electron chi connectivity index (χ3n) is 4.56. The number of rotatable bonds is 6. The molecule has 3 rings (SSSR count). The molecule has 148 valence electrons. The summed E-state index contributed by atoms with van der Waals surface area (Å²) in [4.78, 5) is 16.5. The molecule has 4 nitrogen and oxygen atoms in total. The van der Waals surface area contributed by atoms with Gasteiger partial charge in [0.25, 0.3) is 0 Å². The van der Waals surface area contributed by atoms with Gasteiger partial charge in [-0.05, 0) is 35.4 Å². The standard InChI is InChI=1S/C21H21BrF2N2O2/c22-19-4-2-1-3-17(19)15-25-11-13-26(14-12-25)20(27)10-7-16-5-8-18(9-6-16)28-21(23)24/h1-10,21H,11-15H2/b10-7-. The van der Waals surface area contributed by atoms with E-state index >= 15 is 0 Å². The number of ether oxygens (including phenoxy) is 1. The highest BCUT2D eigenvalue weighted by atomic mass is 79.9. The van der Waals surface area contributed by atoms with Crippen molar-refractivity contribution in [3.05, 3.63) is 70.2 Å². The van der Waals surface area contributed by atoms with Crippen molar-refractivity contribution in [1.29, 1.82) is 0 Å². The lowest BCUT2D eigenvalue weighted by Crippen LogP contribution is -2.47. The van der Waals surface area contributed by atoms with Crippen molar-refractivity contribution >= 4 is 27.9 Å². The molecule has 0 aliphatic carbocycles. The summed E-state index contributed by atoms with van der Waals surface area (Å²) in [6.07, 6.45) is 3.20. The zero-order chi connectivity index (χ0) is 19.9. The number of hydrogen-bond donors (Lipinski definition) is 0. The molecule has 1 aliphatic rings. The van der Waals surface area contributed by atoms with Crippen molar-refractivity contribution in [3.63, 3.8) is 0 Å². The first-order valence-electron chi connectivity index (χ1n) is 8.99. The molecule has 28 heavy (non-hydrogen) atoms. The highest BCUT2D eigenvalue weighted by Gasteiger charge is 2.20. The maximum absolute atomic E-state index is 12.4. The van der Waals surface area contributed by atoms with Crippen LogP contribution in [0.15, 0.2) is 59.1 Å². The summed E-state index contributed by atoms with van der Waals surface area (Å²) in [7, 11) is 0. The summed E-state index contributed by atoms with van der Waals surface area (Å²) in [5.41, 5.74) is 1.99. The van der Waals surface area contributed by atoms with Crippen LogP contribution in [-0.4, -0.2) is 48.5 Å². The third kappa shape index (κ3) is 5.87. The molecule has 1 aliphatic heterocycles. The van der Waals surface area contributed by atoms with E-state index in [2.05, 4.69) is 31.6 Å². The molecule has 1 saturated heterocycles. The van der Waals surface area contributed by atoms with Gasteiger partial charge >= 0.3 is 6.61 Å². The molecule has 1 heterocycles. The van der Waals surface area contributed by atoms with Gasteiger partial charge in [0.15, 0.2) is 0 Å². The molecule has 0 radical (unpaired) electrons. The van der Waals surface area contributed by atoms with Gasteiger partial charge in [-0.1, -0.05) is 46.3 Å². The van der Waals surface area contributed by atoms with E-state index in [9.17, 15) is 13.6 Å². The molecule has 0 atom stereocenters. The molecule has 0 aromatic heterocycles. The molecule has 1 fully saturated rings. The van der Waals surface area contributed by atoms with Gasteiger partial charge in [0.1, 0.15) is 5.75 Å². The van der Waals surface area contributed by atoms with E-state index in [4.69, 9.17) is 0 Å². The lowest BCUT2D eigenvalue weighted by Gasteiger charge is -2.34. The predicted octanol–water partition coefficient (Wildman–Crippen LogP) is 4.41. The Labute approximate surface area is 171 Å². The van der Waals surface area contributed by atoms with Crippen LogP contribution < -0.4 is 4.74 Å². The Hall–Kier alpha value is -2.25. The van der Waals surface area contributed by atoms with Gasteiger partial charge in [-0.2, -0.15) is 8.78 Å². The lowest BCUT2D eigenvalue weighted by molar-refractivity contribution is -0.127. The van der Waals surface area contributed by atoms with Gasteiger partial charge in [0.2, 0.25) is 5.91 Å². The van der Waals surface area contributed by atoms with Crippen LogP contribution in [0.5, 0.6) is 5.75 Å². The molecule has 2 aromatic carbocycles. The quantitative estimate of drug-likeness (QED) is 0.611. The lowest BCUT2D eigenvalue weighted by atomic mass is 10.2. The Kier molecular flexibility index (Phi) is 7.17. The third-order valence-corrected chi connectivity index (χ3v) is 5.33. The number of carbonyl (C=O) groups excluding carboxylic acids is 1. The van der Waals surface area contributed by atoms with Crippen molar-refractivity contribution in [2.75, 3.05) is 26.2 Å². The number of amides is 1. The monoisotopic (exact) mass is 450 g/mol. The second kappa shape index (κ2) is 9.80. The van der Waals surface area contributed by atoms with Gasteiger partial charge in [0.05, 0.1) is 0 Å². The normalized spacial score (nSPS) is 15.4. The topological polar surface area (TPSA) is 32.8 Å². The summed E-state index contributed by atoms with van der Waals surface area (Å²) in [5, 5.41) is 0. The number of halogens is 3. The fraction of sp³-hybridized carbons (Fsp3) is 0.286. The first-order chi connectivity index (χ1) is 13.5. The van der Waals surface area contributed by atoms with E-state index in [0.717, 1.165) is 29.7 Å². The number of nitrogens with zero attached hydrogens (tertiary/aromatic N) is 2. The molecule has 1 amide bonds. The van der Waals surface area contributed by atoms with Gasteiger partial charge in [-0.15, -0.1) is 0 Å². The largest absolute Gasteiger partial charge is 0.435 e. The minimum atomic E-state index is -2.84. The molecule has 0 unspecified atom stereocenters. The zero-order valence-corrected chi connectivity index (χ0v) is 16.8. The summed E-state index contributed by atoms with van der Waals surface area (Å²) in [6.45, 7) is 1.00. The molecule has 2 aromatic rings. The number of benzene rings is 2. The Bertz CT molecular complexity index is 819. The Morgan fingerprint density at radius 2 is 1.75 bits per heavy atom. The van der Waals surface area contributed by atoms with E-state index in [0.29, 0.717) is 13.1 Å². The van der Waals surface area contributed by atoms with E-state index in [1.54, 1.807) is 18.2 Å². The van der Waals surface area contributed by atoms with E-state index < -0.39 is 6.61 Å². The number of hydrogen-bond acceptors (Lipinski definition) is 3. The first-order valence-corrected chi connectivity index (χ1v) is 9.78. The van der Waals surface area contributed by atoms with Gasteiger partial charge < -0.3 is 9.64 Å². The second-order valence-corrected chi connectivity index (χ2v) is 7.33. The van der Waals surface area contributed by atoms with Gasteiger partial charge in [-0.25, -0.2) is 0 Å². The summed E-state index contributed by atoms with van der Waals surface area (Å²) >= 11 is 3.57. The van der Waals surface area contributed by atoms with E-state index in [1.165, 1.54) is 23.8 Å². The van der Waals surface area contributed by atoms with Crippen LogP contribution >= 0.6 is 15.9 Å². The summed E-state index contributed by atoms with van der Waals surface area (Å²) in [6, 6.07) is 14.3. The van der Waals surface area contributed by atoms with Crippen LogP contribution in [0, 0.1) is 0 Å². The maximum atomic E-state index is 12.4. The smallest absolute Gasteiger partial charge is 0.387 e. The Morgan fingerprint density at radius 1 is 1.07 bits per heavy atom. The minimum Gasteiger partial charge on any atom is -0.435 e. The maximum Gasteiger partial charge on any atom is 0.387 e. The molecule has 0 saturated carbocycles. The van der Waals surface area contributed by atoms with Crippen LogP contribution in [0.2, 0.25) is 0 Å². The van der Waals surface area contributed by atoms with Crippen molar-refractivity contribution in [3.8, 4) is 5.75 Å². The number of piperazine rings is 1. The Morgan fingerprint density at radius 3 is 2.39 bits per heavy atom. The zero-order valence-electron chi connectivity index (χ0n) is 15.2. The van der Waals surface area contributed by atoms with Crippen LogP contribution in [0.3, 0.4) is 0 Å². The van der Waals surface area contributed by atoms with E-state index in [-0.39, 0.29) is 11.7 Å². The summed E-state index contributed by atoms with van der Waals surface area (Å²) < 4.78 is 29.7. The first kappa shape index (κ1) is 20.5. The van der Waals surface area contributed by atoms with Gasteiger partial charge in [0, 0.05) is 43.3 Å². The number of carbonyl (C=O) groups is 1. The van der Waals surface area contributed by atoms with Crippen molar-refractivity contribution in [2.24, 2.45) is 0 Å². The SMILES string of the molecule is O=C(/C=C\c1ccc(OC(F)F)cc1)N1CCN(Cc2ccccc2Br)CC1. The average Bonchev–Trinajstić information content (AvgIpc) is 2.69. The van der Waals surface area contributed by atoms with Gasteiger partial charge in [-0.3, -0.25) is 9.69 Å². The van der Waals surface area contributed by atoms with Crippen molar-refractivity contribution < 1.29 is 18.3 Å². The van der Waals surface area contributed by atoms with Crippen LogP contribution in [0.4, 0.5) is 8.78 Å². The summed E-state index contributed by atoms with van der Waals surface area (Å²) in [5.74, 6) is 0.0492. The predicted molar refractivity (Wildman–Crippen MR) is 108 cm³/mol. The van der Waals surface area contributed by atoms with Crippen LogP contribution in [0.1, 0.15) is 11.1 Å². The fourth-order valence-electron chi connectivity index (χ4n) is 3.03. The molecule has 0 N–H and O–H groups in total. The highest BCUT2D eigenvalue weighted by molar-refractivity contribution is 9.10. The molecular formula is C21H21BrF2N2O2. The van der Waals surface area contributed by atoms with Crippen LogP contribution in [0.25, 0.3) is 6.08 Å². The van der Waals surface area contributed by atoms with Crippen molar-refractivity contribution in [2.45, 2.75) is 13.2 Å². The van der Waals surface area contributed by atoms with E-state index in [1.807, 2.05) is 23.1 Å². The number of alkyl halides is 2. The molecule has 0 bridgehead atoms. The molecular weight excluding hydrogens is 430 g/mol.